The molecule has 29 heavy (non-hydrogen) atoms. The lowest BCUT2D eigenvalue weighted by molar-refractivity contribution is -0.126. The van der Waals surface area contributed by atoms with Crippen molar-refractivity contribution in [2.45, 2.75) is 70.6 Å². The predicted molar refractivity (Wildman–Crippen MR) is 114 cm³/mol. The van der Waals surface area contributed by atoms with Crippen molar-refractivity contribution < 1.29 is 4.79 Å². The summed E-state index contributed by atoms with van der Waals surface area (Å²) in [5.41, 5.74) is 3.44. The molecule has 5 heteroatoms. The molecule has 1 N–H and O–H groups in total. The largest absolute Gasteiger partial charge is 0.356 e. The Labute approximate surface area is 173 Å². The number of carbonyl (C=O) groups excluding carboxylic acids is 1. The van der Waals surface area contributed by atoms with Crippen molar-refractivity contribution in [2.24, 2.45) is 11.8 Å². The normalized spacial score (nSPS) is 22.9. The van der Waals surface area contributed by atoms with Crippen LogP contribution in [0.1, 0.15) is 75.2 Å². The molecule has 0 spiro atoms. The van der Waals surface area contributed by atoms with Crippen LogP contribution in [0.5, 0.6) is 0 Å². The fourth-order valence-electron chi connectivity index (χ4n) is 4.95. The molecule has 0 aliphatic heterocycles. The van der Waals surface area contributed by atoms with E-state index in [1.165, 1.54) is 25.0 Å². The average molecular weight is 393 g/mol. The van der Waals surface area contributed by atoms with Crippen molar-refractivity contribution in [2.75, 3.05) is 6.54 Å². The van der Waals surface area contributed by atoms with Crippen LogP contribution in [-0.4, -0.2) is 27.4 Å². The lowest BCUT2D eigenvalue weighted by Crippen LogP contribution is -2.36. The molecule has 0 bridgehead atoms. The molecule has 2 aromatic rings. The van der Waals surface area contributed by atoms with Crippen LogP contribution in [0.4, 0.5) is 0 Å². The monoisotopic (exact) mass is 392 g/mol. The number of aryl methyl sites for hydroxylation is 1. The molecule has 5 nitrogen and oxygen atoms in total. The number of pyridine rings is 1. The smallest absolute Gasteiger partial charge is 0.223 e. The minimum atomic E-state index is 0.256. The topological polar surface area (TPSA) is 67.8 Å². The molecule has 0 atom stereocenters. The van der Waals surface area contributed by atoms with Crippen LogP contribution in [0.2, 0.25) is 0 Å². The third kappa shape index (κ3) is 5.01. The van der Waals surface area contributed by atoms with E-state index in [9.17, 15) is 4.79 Å². The molecule has 2 aliphatic rings. The lowest BCUT2D eigenvalue weighted by atomic mass is 9.79. The van der Waals surface area contributed by atoms with Crippen LogP contribution in [0, 0.1) is 18.8 Å². The molecule has 4 rings (SSSR count). The number of rotatable bonds is 5. The first-order chi connectivity index (χ1) is 14.2. The summed E-state index contributed by atoms with van der Waals surface area (Å²) < 4.78 is 0. The van der Waals surface area contributed by atoms with Gasteiger partial charge in [-0.2, -0.15) is 0 Å². The van der Waals surface area contributed by atoms with Gasteiger partial charge in [-0.3, -0.25) is 9.78 Å². The van der Waals surface area contributed by atoms with Gasteiger partial charge >= 0.3 is 0 Å². The number of aromatic nitrogens is 3. The number of nitrogens with one attached hydrogen (secondary N) is 1. The standard InChI is InChI=1S/C24H32N4O/c1-17-26-16-22(19-11-13-25-14-12-19)23(28-17)20-9-7-18(8-10-20)15-27-24(29)21-5-3-2-4-6-21/h11-14,16,18,20-21H,2-10,15H2,1H3,(H,27,29). The Morgan fingerprint density at radius 1 is 1.03 bits per heavy atom. The van der Waals surface area contributed by atoms with Gasteiger partial charge < -0.3 is 5.32 Å². The Balaban J connectivity index is 1.35. The highest BCUT2D eigenvalue weighted by atomic mass is 16.1. The van der Waals surface area contributed by atoms with Gasteiger partial charge in [0.15, 0.2) is 0 Å². The molecule has 1 amide bonds. The molecule has 2 heterocycles. The summed E-state index contributed by atoms with van der Waals surface area (Å²) >= 11 is 0. The maximum absolute atomic E-state index is 12.4. The zero-order valence-electron chi connectivity index (χ0n) is 17.4. The van der Waals surface area contributed by atoms with E-state index >= 15 is 0 Å². The minimum absolute atomic E-state index is 0.256. The van der Waals surface area contributed by atoms with Crippen LogP contribution >= 0.6 is 0 Å². The van der Waals surface area contributed by atoms with Gasteiger partial charge in [0.2, 0.25) is 5.91 Å². The predicted octanol–water partition coefficient (Wildman–Crippen LogP) is 4.82. The molecular weight excluding hydrogens is 360 g/mol. The van der Waals surface area contributed by atoms with Gasteiger partial charge in [-0.25, -0.2) is 9.97 Å². The SMILES string of the molecule is Cc1ncc(-c2ccncc2)c(C2CCC(CNC(=O)C3CCCCC3)CC2)n1. The molecule has 154 valence electrons. The van der Waals surface area contributed by atoms with Crippen molar-refractivity contribution in [1.82, 2.24) is 20.3 Å². The van der Waals surface area contributed by atoms with E-state index < -0.39 is 0 Å². The number of hydrogen-bond donors (Lipinski definition) is 1. The number of hydrogen-bond acceptors (Lipinski definition) is 4. The maximum Gasteiger partial charge on any atom is 0.223 e. The minimum Gasteiger partial charge on any atom is -0.356 e. The molecular formula is C24H32N4O. The highest BCUT2D eigenvalue weighted by molar-refractivity contribution is 5.78. The summed E-state index contributed by atoms with van der Waals surface area (Å²) in [5, 5.41) is 3.25. The Bertz CT molecular complexity index is 809. The van der Waals surface area contributed by atoms with E-state index in [4.69, 9.17) is 4.98 Å². The quantitative estimate of drug-likeness (QED) is 0.792. The number of amides is 1. The molecule has 2 saturated carbocycles. The third-order valence-corrected chi connectivity index (χ3v) is 6.70. The van der Waals surface area contributed by atoms with Crippen LogP contribution < -0.4 is 5.32 Å². The summed E-state index contributed by atoms with van der Waals surface area (Å²) in [6, 6.07) is 4.06. The molecule has 2 aromatic heterocycles. The Kier molecular flexibility index (Phi) is 6.53. The van der Waals surface area contributed by atoms with Gasteiger partial charge in [0, 0.05) is 42.5 Å². The number of nitrogens with zero attached hydrogens (tertiary/aromatic N) is 3. The highest BCUT2D eigenvalue weighted by Crippen LogP contribution is 2.38. The van der Waals surface area contributed by atoms with Gasteiger partial charge in [-0.05, 0) is 69.1 Å². The van der Waals surface area contributed by atoms with Crippen molar-refractivity contribution >= 4 is 5.91 Å². The van der Waals surface area contributed by atoms with Crippen molar-refractivity contribution in [1.29, 1.82) is 0 Å². The van der Waals surface area contributed by atoms with E-state index in [2.05, 4.69) is 15.3 Å². The van der Waals surface area contributed by atoms with Crippen molar-refractivity contribution in [3.8, 4) is 11.1 Å². The summed E-state index contributed by atoms with van der Waals surface area (Å²) in [5.74, 6) is 2.43. The third-order valence-electron chi connectivity index (χ3n) is 6.70. The van der Waals surface area contributed by atoms with E-state index in [-0.39, 0.29) is 5.92 Å². The second kappa shape index (κ2) is 9.47. The lowest BCUT2D eigenvalue weighted by Gasteiger charge is -2.30. The molecule has 0 radical (unpaired) electrons. The number of carbonyl (C=O) groups is 1. The second-order valence-electron chi connectivity index (χ2n) is 8.75. The fourth-order valence-corrected chi connectivity index (χ4v) is 4.95. The first kappa shape index (κ1) is 20.0. The second-order valence-corrected chi connectivity index (χ2v) is 8.75. The zero-order chi connectivity index (χ0) is 20.1. The van der Waals surface area contributed by atoms with E-state index in [0.717, 1.165) is 62.0 Å². The summed E-state index contributed by atoms with van der Waals surface area (Å²) in [6.45, 7) is 2.80. The average Bonchev–Trinajstić information content (AvgIpc) is 2.79. The highest BCUT2D eigenvalue weighted by Gasteiger charge is 2.27. The van der Waals surface area contributed by atoms with E-state index in [1.807, 2.05) is 37.6 Å². The van der Waals surface area contributed by atoms with Crippen LogP contribution in [-0.2, 0) is 4.79 Å². The molecule has 0 aromatic carbocycles. The first-order valence-electron chi connectivity index (χ1n) is 11.2. The summed E-state index contributed by atoms with van der Waals surface area (Å²) in [7, 11) is 0. The van der Waals surface area contributed by atoms with Gasteiger partial charge in [-0.15, -0.1) is 0 Å². The van der Waals surface area contributed by atoms with Gasteiger partial charge in [0.05, 0.1) is 5.69 Å². The molecule has 2 fully saturated rings. The van der Waals surface area contributed by atoms with Crippen LogP contribution in [0.15, 0.2) is 30.7 Å². The van der Waals surface area contributed by atoms with Gasteiger partial charge in [0.1, 0.15) is 5.82 Å². The molecule has 2 aliphatic carbocycles. The van der Waals surface area contributed by atoms with E-state index in [1.54, 1.807) is 0 Å². The Morgan fingerprint density at radius 3 is 2.48 bits per heavy atom. The molecule has 0 unspecified atom stereocenters. The first-order valence-corrected chi connectivity index (χ1v) is 11.2. The van der Waals surface area contributed by atoms with Gasteiger partial charge in [0.25, 0.3) is 0 Å². The van der Waals surface area contributed by atoms with Crippen LogP contribution in [0.25, 0.3) is 11.1 Å². The van der Waals surface area contributed by atoms with E-state index in [0.29, 0.717) is 17.7 Å². The van der Waals surface area contributed by atoms with Gasteiger partial charge in [-0.1, -0.05) is 19.3 Å². The zero-order valence-corrected chi connectivity index (χ0v) is 17.4. The summed E-state index contributed by atoms with van der Waals surface area (Å²) in [6.07, 6.45) is 16.0. The molecule has 0 saturated heterocycles. The summed E-state index contributed by atoms with van der Waals surface area (Å²) in [4.78, 5) is 25.8. The maximum atomic E-state index is 12.4. The Morgan fingerprint density at radius 2 is 1.76 bits per heavy atom. The van der Waals surface area contributed by atoms with Crippen molar-refractivity contribution in [3.63, 3.8) is 0 Å². The van der Waals surface area contributed by atoms with Crippen LogP contribution in [0.3, 0.4) is 0 Å². The Hall–Kier alpha value is -2.30. The fraction of sp³-hybridized carbons (Fsp3) is 0.583. The van der Waals surface area contributed by atoms with Crippen molar-refractivity contribution in [3.05, 3.63) is 42.2 Å².